The maximum Gasteiger partial charge on any atom is 0.126 e. The van der Waals surface area contributed by atoms with E-state index in [9.17, 15) is 0 Å². The van der Waals surface area contributed by atoms with Crippen molar-refractivity contribution in [1.82, 2.24) is 5.32 Å². The quantitative estimate of drug-likeness (QED) is 0.917. The van der Waals surface area contributed by atoms with Crippen LogP contribution in [0.25, 0.3) is 10.8 Å². The fourth-order valence-electron chi connectivity index (χ4n) is 2.54. The number of fused-ring (bicyclic) bond motifs is 1. The van der Waals surface area contributed by atoms with Gasteiger partial charge in [0.1, 0.15) is 5.75 Å². The third-order valence-electron chi connectivity index (χ3n) is 3.43. The van der Waals surface area contributed by atoms with Crippen LogP contribution in [0.5, 0.6) is 5.75 Å². The second-order valence-electron chi connectivity index (χ2n) is 4.48. The highest BCUT2D eigenvalue weighted by Gasteiger charge is 2.18. The molecule has 0 bridgehead atoms. The van der Waals surface area contributed by atoms with Crippen LogP contribution in [0.4, 0.5) is 0 Å². The van der Waals surface area contributed by atoms with Gasteiger partial charge >= 0.3 is 0 Å². The Kier molecular flexibility index (Phi) is 4.64. The minimum atomic E-state index is 0. The van der Waals surface area contributed by atoms with Gasteiger partial charge in [0.05, 0.1) is 26.4 Å². The van der Waals surface area contributed by atoms with E-state index in [1.54, 1.807) is 7.11 Å². The molecule has 0 amide bonds. The zero-order valence-corrected chi connectivity index (χ0v) is 11.7. The van der Waals surface area contributed by atoms with Gasteiger partial charge in [-0.05, 0) is 17.0 Å². The Balaban J connectivity index is 0.00000133. The zero-order chi connectivity index (χ0) is 12.4. The van der Waals surface area contributed by atoms with Crippen LogP contribution in [0, 0.1) is 0 Å². The average Bonchev–Trinajstić information content (AvgIpc) is 2.47. The molecule has 0 saturated carbocycles. The first-order valence-electron chi connectivity index (χ1n) is 6.27. The van der Waals surface area contributed by atoms with Gasteiger partial charge in [0, 0.05) is 11.9 Å². The average molecular weight is 280 g/mol. The highest BCUT2D eigenvalue weighted by Crippen LogP contribution is 2.32. The number of benzene rings is 2. The van der Waals surface area contributed by atoms with Crippen LogP contribution in [0.3, 0.4) is 0 Å². The molecule has 1 aliphatic heterocycles. The Bertz CT molecular complexity index is 553. The van der Waals surface area contributed by atoms with Gasteiger partial charge in [0.15, 0.2) is 0 Å². The van der Waals surface area contributed by atoms with E-state index >= 15 is 0 Å². The van der Waals surface area contributed by atoms with Crippen molar-refractivity contribution in [2.45, 2.75) is 6.04 Å². The molecular formula is C15H18ClNO2. The van der Waals surface area contributed by atoms with Crippen LogP contribution in [-0.4, -0.2) is 26.9 Å². The summed E-state index contributed by atoms with van der Waals surface area (Å²) in [6.45, 7) is 2.44. The molecule has 0 unspecified atom stereocenters. The summed E-state index contributed by atoms with van der Waals surface area (Å²) >= 11 is 0. The van der Waals surface area contributed by atoms with E-state index in [4.69, 9.17) is 9.47 Å². The SMILES string of the molecule is COc1ccc([C@H]2COCCN2)c2ccccc12.Cl. The highest BCUT2D eigenvalue weighted by atomic mass is 35.5. The van der Waals surface area contributed by atoms with E-state index in [1.807, 2.05) is 12.1 Å². The van der Waals surface area contributed by atoms with Crippen molar-refractivity contribution in [3.8, 4) is 5.75 Å². The van der Waals surface area contributed by atoms with E-state index in [1.165, 1.54) is 10.9 Å². The van der Waals surface area contributed by atoms with Gasteiger partial charge in [-0.3, -0.25) is 0 Å². The topological polar surface area (TPSA) is 30.5 Å². The molecule has 1 saturated heterocycles. The number of halogens is 1. The van der Waals surface area contributed by atoms with Gasteiger partial charge in [-0.25, -0.2) is 0 Å². The first-order valence-corrected chi connectivity index (χ1v) is 6.27. The van der Waals surface area contributed by atoms with Gasteiger partial charge in [-0.1, -0.05) is 30.3 Å². The van der Waals surface area contributed by atoms with Gasteiger partial charge in [0.25, 0.3) is 0 Å². The molecule has 2 aromatic rings. The molecule has 4 heteroatoms. The summed E-state index contributed by atoms with van der Waals surface area (Å²) in [5.41, 5.74) is 1.28. The fraction of sp³-hybridized carbons (Fsp3) is 0.333. The first-order chi connectivity index (χ1) is 8.90. The van der Waals surface area contributed by atoms with E-state index < -0.39 is 0 Å². The standard InChI is InChI=1S/C15H17NO2.ClH/c1-17-15-7-6-12(14-10-18-9-8-16-14)11-4-2-3-5-13(11)15;/h2-7,14,16H,8-10H2,1H3;1H/t14-;/m1./s1. The lowest BCUT2D eigenvalue weighted by molar-refractivity contribution is 0.0773. The Hall–Kier alpha value is -1.29. The molecular weight excluding hydrogens is 262 g/mol. The van der Waals surface area contributed by atoms with Crippen LogP contribution < -0.4 is 10.1 Å². The fourth-order valence-corrected chi connectivity index (χ4v) is 2.54. The van der Waals surface area contributed by atoms with E-state index in [0.717, 1.165) is 30.9 Å². The van der Waals surface area contributed by atoms with Crippen molar-refractivity contribution in [1.29, 1.82) is 0 Å². The number of ether oxygens (including phenoxy) is 2. The van der Waals surface area contributed by atoms with Crippen molar-refractivity contribution >= 4 is 23.2 Å². The highest BCUT2D eigenvalue weighted by molar-refractivity contribution is 5.91. The molecule has 3 rings (SSSR count). The zero-order valence-electron chi connectivity index (χ0n) is 10.9. The van der Waals surface area contributed by atoms with Crippen molar-refractivity contribution in [2.24, 2.45) is 0 Å². The molecule has 1 aliphatic rings. The molecule has 19 heavy (non-hydrogen) atoms. The Morgan fingerprint density at radius 3 is 2.63 bits per heavy atom. The number of hydrogen-bond donors (Lipinski definition) is 1. The van der Waals surface area contributed by atoms with Gasteiger partial charge in [0.2, 0.25) is 0 Å². The van der Waals surface area contributed by atoms with Crippen LogP contribution in [0.2, 0.25) is 0 Å². The van der Waals surface area contributed by atoms with E-state index in [-0.39, 0.29) is 18.4 Å². The third-order valence-corrected chi connectivity index (χ3v) is 3.43. The number of morpholine rings is 1. The molecule has 2 aromatic carbocycles. The minimum absolute atomic E-state index is 0. The maximum absolute atomic E-state index is 5.55. The molecule has 1 atom stereocenters. The molecule has 1 heterocycles. The second-order valence-corrected chi connectivity index (χ2v) is 4.48. The predicted octanol–water partition coefficient (Wildman–Crippen LogP) is 2.93. The second kappa shape index (κ2) is 6.24. The number of methoxy groups -OCH3 is 1. The third kappa shape index (κ3) is 2.68. The molecule has 1 N–H and O–H groups in total. The van der Waals surface area contributed by atoms with Crippen LogP contribution in [0.1, 0.15) is 11.6 Å². The molecule has 3 nitrogen and oxygen atoms in total. The summed E-state index contributed by atoms with van der Waals surface area (Å²) in [6.07, 6.45) is 0. The first kappa shape index (κ1) is 14.1. The number of rotatable bonds is 2. The van der Waals surface area contributed by atoms with Crippen LogP contribution in [0.15, 0.2) is 36.4 Å². The molecule has 1 fully saturated rings. The van der Waals surface area contributed by atoms with Crippen molar-refractivity contribution < 1.29 is 9.47 Å². The molecule has 0 aliphatic carbocycles. The van der Waals surface area contributed by atoms with Gasteiger partial charge < -0.3 is 14.8 Å². The van der Waals surface area contributed by atoms with Crippen LogP contribution >= 0.6 is 12.4 Å². The summed E-state index contributed by atoms with van der Waals surface area (Å²) in [6, 6.07) is 12.8. The van der Waals surface area contributed by atoms with Gasteiger partial charge in [-0.15, -0.1) is 12.4 Å². The smallest absolute Gasteiger partial charge is 0.126 e. The van der Waals surface area contributed by atoms with Crippen molar-refractivity contribution in [2.75, 3.05) is 26.9 Å². The Labute approximate surface area is 119 Å². The summed E-state index contributed by atoms with van der Waals surface area (Å²) in [5, 5.41) is 5.89. The van der Waals surface area contributed by atoms with Crippen LogP contribution in [-0.2, 0) is 4.74 Å². The number of nitrogens with one attached hydrogen (secondary N) is 1. The molecule has 0 spiro atoms. The van der Waals surface area contributed by atoms with Crippen molar-refractivity contribution in [3.05, 3.63) is 42.0 Å². The lowest BCUT2D eigenvalue weighted by Gasteiger charge is -2.25. The monoisotopic (exact) mass is 279 g/mol. The maximum atomic E-state index is 5.55. The van der Waals surface area contributed by atoms with Crippen molar-refractivity contribution in [3.63, 3.8) is 0 Å². The van der Waals surface area contributed by atoms with E-state index in [2.05, 4.69) is 29.6 Å². The van der Waals surface area contributed by atoms with E-state index in [0.29, 0.717) is 0 Å². The minimum Gasteiger partial charge on any atom is -0.496 e. The Morgan fingerprint density at radius 1 is 1.16 bits per heavy atom. The summed E-state index contributed by atoms with van der Waals surface area (Å²) < 4.78 is 11.0. The number of hydrogen-bond acceptors (Lipinski definition) is 3. The predicted molar refractivity (Wildman–Crippen MR) is 79.3 cm³/mol. The summed E-state index contributed by atoms with van der Waals surface area (Å²) in [4.78, 5) is 0. The molecule has 0 radical (unpaired) electrons. The molecule has 102 valence electrons. The largest absolute Gasteiger partial charge is 0.496 e. The lowest BCUT2D eigenvalue weighted by atomic mass is 9.98. The Morgan fingerprint density at radius 2 is 1.95 bits per heavy atom. The summed E-state index contributed by atoms with van der Waals surface area (Å²) in [5.74, 6) is 0.922. The lowest BCUT2D eigenvalue weighted by Crippen LogP contribution is -2.34. The summed E-state index contributed by atoms with van der Waals surface area (Å²) in [7, 11) is 1.71. The normalized spacial score (nSPS) is 18.9. The molecule has 0 aromatic heterocycles. The van der Waals surface area contributed by atoms with Gasteiger partial charge in [-0.2, -0.15) is 0 Å².